The van der Waals surface area contributed by atoms with Crippen LogP contribution in [0.3, 0.4) is 0 Å². The first-order chi connectivity index (χ1) is 12.5. The van der Waals surface area contributed by atoms with Gasteiger partial charge in [0.15, 0.2) is 5.96 Å². The summed E-state index contributed by atoms with van der Waals surface area (Å²) in [5, 5.41) is 11.5. The maximum atomic E-state index is 11.3. The van der Waals surface area contributed by atoms with Gasteiger partial charge in [0.25, 0.3) is 0 Å². The second kappa shape index (κ2) is 10.5. The number of hydrogen-bond donors (Lipinski definition) is 3. The minimum Gasteiger partial charge on any atom is -0.376 e. The highest BCUT2D eigenvalue weighted by molar-refractivity contribution is 7.89. The second-order valence-corrected chi connectivity index (χ2v) is 8.09. The van der Waals surface area contributed by atoms with E-state index in [0.717, 1.165) is 5.56 Å². The predicted molar refractivity (Wildman–Crippen MR) is 103 cm³/mol. The molecule has 7 nitrogen and oxygen atoms in total. The molecule has 1 aromatic carbocycles. The Morgan fingerprint density at radius 3 is 2.38 bits per heavy atom. The number of ether oxygens (including phenoxy) is 1. The SMILES string of the molecule is CN=C(NCCOC1CCCCCC1)NCc1ccc(S(N)(=O)=O)cc1. The van der Waals surface area contributed by atoms with Crippen LogP contribution in [0.4, 0.5) is 0 Å². The smallest absolute Gasteiger partial charge is 0.238 e. The zero-order valence-electron chi connectivity index (χ0n) is 15.4. The number of benzene rings is 1. The third kappa shape index (κ3) is 7.31. The van der Waals surface area contributed by atoms with Crippen LogP contribution < -0.4 is 15.8 Å². The normalized spacial score (nSPS) is 16.9. The Bertz CT molecular complexity index is 666. The van der Waals surface area contributed by atoms with E-state index in [2.05, 4.69) is 15.6 Å². The fourth-order valence-corrected chi connectivity index (χ4v) is 3.52. The number of sulfonamides is 1. The van der Waals surface area contributed by atoms with Crippen LogP contribution >= 0.6 is 0 Å². The molecule has 0 amide bonds. The summed E-state index contributed by atoms with van der Waals surface area (Å²) < 4.78 is 28.5. The van der Waals surface area contributed by atoms with Gasteiger partial charge >= 0.3 is 0 Å². The molecule has 146 valence electrons. The fourth-order valence-electron chi connectivity index (χ4n) is 3.01. The van der Waals surface area contributed by atoms with Crippen LogP contribution in [-0.4, -0.2) is 40.7 Å². The minimum absolute atomic E-state index is 0.111. The lowest BCUT2D eigenvalue weighted by molar-refractivity contribution is 0.0468. The van der Waals surface area contributed by atoms with E-state index in [1.807, 2.05) is 0 Å². The maximum Gasteiger partial charge on any atom is 0.238 e. The summed E-state index contributed by atoms with van der Waals surface area (Å²) in [7, 11) is -1.94. The number of guanidine groups is 1. The second-order valence-electron chi connectivity index (χ2n) is 6.53. The standard InChI is InChI=1S/C18H30N4O3S/c1-20-18(21-12-13-25-16-6-4-2-3-5-7-16)22-14-15-8-10-17(11-9-15)26(19,23)24/h8-11,16H,2-7,12-14H2,1H3,(H2,19,23,24)(H2,20,21,22). The number of rotatable bonds is 7. The van der Waals surface area contributed by atoms with Crippen LogP contribution in [0.15, 0.2) is 34.2 Å². The van der Waals surface area contributed by atoms with Crippen molar-refractivity contribution in [1.29, 1.82) is 0 Å². The van der Waals surface area contributed by atoms with Crippen LogP contribution in [0.1, 0.15) is 44.1 Å². The van der Waals surface area contributed by atoms with Crippen molar-refractivity contribution in [1.82, 2.24) is 10.6 Å². The molecule has 1 aromatic rings. The van der Waals surface area contributed by atoms with Gasteiger partial charge in [-0.15, -0.1) is 0 Å². The molecule has 26 heavy (non-hydrogen) atoms. The number of nitrogens with zero attached hydrogens (tertiary/aromatic N) is 1. The van der Waals surface area contributed by atoms with Crippen molar-refractivity contribution in [3.8, 4) is 0 Å². The first kappa shape index (κ1) is 20.7. The van der Waals surface area contributed by atoms with Crippen molar-refractivity contribution in [2.45, 2.75) is 56.1 Å². The fraction of sp³-hybridized carbons (Fsp3) is 0.611. The molecule has 0 atom stereocenters. The molecule has 0 aliphatic heterocycles. The van der Waals surface area contributed by atoms with Gasteiger partial charge < -0.3 is 15.4 Å². The molecule has 0 radical (unpaired) electrons. The van der Waals surface area contributed by atoms with E-state index < -0.39 is 10.0 Å². The van der Waals surface area contributed by atoms with E-state index in [-0.39, 0.29) is 4.90 Å². The Labute approximate surface area is 156 Å². The zero-order valence-corrected chi connectivity index (χ0v) is 16.2. The number of primary sulfonamides is 1. The highest BCUT2D eigenvalue weighted by Crippen LogP contribution is 2.19. The zero-order chi connectivity index (χ0) is 18.8. The Kier molecular flexibility index (Phi) is 8.34. The van der Waals surface area contributed by atoms with E-state index in [4.69, 9.17) is 9.88 Å². The molecular weight excluding hydrogens is 352 g/mol. The molecule has 0 saturated heterocycles. The summed E-state index contributed by atoms with van der Waals surface area (Å²) in [6.45, 7) is 1.89. The van der Waals surface area contributed by atoms with Crippen molar-refractivity contribution >= 4 is 16.0 Å². The van der Waals surface area contributed by atoms with Gasteiger partial charge in [-0.05, 0) is 30.5 Å². The van der Waals surface area contributed by atoms with Crippen LogP contribution in [-0.2, 0) is 21.3 Å². The van der Waals surface area contributed by atoms with Gasteiger partial charge in [-0.1, -0.05) is 37.8 Å². The molecule has 1 aliphatic carbocycles. The average Bonchev–Trinajstić information content (AvgIpc) is 2.89. The Morgan fingerprint density at radius 1 is 1.15 bits per heavy atom. The van der Waals surface area contributed by atoms with Crippen LogP contribution in [0.5, 0.6) is 0 Å². The van der Waals surface area contributed by atoms with Gasteiger partial charge in [0.2, 0.25) is 10.0 Å². The molecule has 0 bridgehead atoms. The summed E-state index contributed by atoms with van der Waals surface area (Å²) in [5.74, 6) is 0.685. The molecule has 0 unspecified atom stereocenters. The first-order valence-electron chi connectivity index (χ1n) is 9.17. The molecule has 1 fully saturated rings. The number of hydrogen-bond acceptors (Lipinski definition) is 4. The Balaban J connectivity index is 1.69. The highest BCUT2D eigenvalue weighted by atomic mass is 32.2. The minimum atomic E-state index is -3.65. The largest absolute Gasteiger partial charge is 0.376 e. The summed E-state index contributed by atoms with van der Waals surface area (Å²) in [4.78, 5) is 4.29. The van der Waals surface area contributed by atoms with Crippen molar-refractivity contribution in [3.63, 3.8) is 0 Å². The lowest BCUT2D eigenvalue weighted by Crippen LogP contribution is -2.38. The lowest BCUT2D eigenvalue weighted by atomic mass is 10.1. The average molecular weight is 383 g/mol. The van der Waals surface area contributed by atoms with Crippen LogP contribution in [0, 0.1) is 0 Å². The summed E-state index contributed by atoms with van der Waals surface area (Å²) in [6.07, 6.45) is 7.92. The molecular formula is C18H30N4O3S. The van der Waals surface area contributed by atoms with Crippen LogP contribution in [0.2, 0.25) is 0 Å². The number of nitrogens with two attached hydrogens (primary N) is 1. The van der Waals surface area contributed by atoms with E-state index in [9.17, 15) is 8.42 Å². The topological polar surface area (TPSA) is 106 Å². The number of aliphatic imine (C=N–C) groups is 1. The predicted octanol–water partition coefficient (Wildman–Crippen LogP) is 1.74. The first-order valence-corrected chi connectivity index (χ1v) is 10.7. The van der Waals surface area contributed by atoms with Gasteiger partial charge in [0.1, 0.15) is 0 Å². The van der Waals surface area contributed by atoms with Crippen molar-refractivity contribution in [2.24, 2.45) is 10.1 Å². The molecule has 0 spiro atoms. The summed E-state index contributed by atoms with van der Waals surface area (Å²) in [5.41, 5.74) is 0.940. The third-order valence-electron chi connectivity index (χ3n) is 4.49. The van der Waals surface area contributed by atoms with Crippen molar-refractivity contribution in [3.05, 3.63) is 29.8 Å². The quantitative estimate of drug-likeness (QED) is 0.288. The van der Waals surface area contributed by atoms with Gasteiger partial charge in [-0.2, -0.15) is 0 Å². The highest BCUT2D eigenvalue weighted by Gasteiger charge is 2.12. The molecule has 1 saturated carbocycles. The molecule has 0 aromatic heterocycles. The van der Waals surface area contributed by atoms with Gasteiger partial charge in [0, 0.05) is 20.1 Å². The lowest BCUT2D eigenvalue weighted by Gasteiger charge is -2.17. The molecule has 0 heterocycles. The monoisotopic (exact) mass is 382 g/mol. The van der Waals surface area contributed by atoms with Crippen LogP contribution in [0.25, 0.3) is 0 Å². The van der Waals surface area contributed by atoms with E-state index >= 15 is 0 Å². The molecule has 1 aliphatic rings. The maximum absolute atomic E-state index is 11.3. The van der Waals surface area contributed by atoms with E-state index in [1.54, 1.807) is 19.2 Å². The van der Waals surface area contributed by atoms with Gasteiger partial charge in [-0.3, -0.25) is 4.99 Å². The van der Waals surface area contributed by atoms with Gasteiger partial charge in [0.05, 0.1) is 17.6 Å². The van der Waals surface area contributed by atoms with Gasteiger partial charge in [-0.25, -0.2) is 13.6 Å². The van der Waals surface area contributed by atoms with Crippen molar-refractivity contribution in [2.75, 3.05) is 20.2 Å². The Hall–Kier alpha value is -1.64. The van der Waals surface area contributed by atoms with E-state index in [0.29, 0.717) is 31.8 Å². The number of nitrogens with one attached hydrogen (secondary N) is 2. The third-order valence-corrected chi connectivity index (χ3v) is 5.41. The van der Waals surface area contributed by atoms with E-state index in [1.165, 1.54) is 50.7 Å². The molecule has 2 rings (SSSR count). The van der Waals surface area contributed by atoms with Crippen molar-refractivity contribution < 1.29 is 13.2 Å². The Morgan fingerprint density at radius 2 is 1.81 bits per heavy atom. The summed E-state index contributed by atoms with van der Waals surface area (Å²) in [6, 6.07) is 6.47. The molecule has 8 heteroatoms. The summed E-state index contributed by atoms with van der Waals surface area (Å²) >= 11 is 0. The molecule has 4 N–H and O–H groups in total.